The topological polar surface area (TPSA) is 34.1 Å². The Morgan fingerprint density at radius 3 is 1.36 bits per heavy atom. The van der Waals surface area contributed by atoms with E-state index < -0.39 is 0 Å². The Hall–Kier alpha value is -1.44. The molecule has 0 rings (SSSR count). The molecule has 0 aromatic rings. The Bertz CT molecular complexity index is 425. The predicted octanol–water partition coefficient (Wildman–Crippen LogP) is 5.73. The molecule has 0 atom stereocenters. The highest BCUT2D eigenvalue weighted by molar-refractivity contribution is 5.75. The number of allylic oxidation sites excluding steroid dienone is 6. The van der Waals surface area contributed by atoms with Gasteiger partial charge in [-0.05, 0) is 66.2 Å². The van der Waals surface area contributed by atoms with Gasteiger partial charge in [0.2, 0.25) is 0 Å². The number of ketones is 1. The van der Waals surface area contributed by atoms with Crippen LogP contribution in [0.5, 0.6) is 0 Å². The third-order valence-corrected chi connectivity index (χ3v) is 3.71. The quantitative estimate of drug-likeness (QED) is 0.340. The summed E-state index contributed by atoms with van der Waals surface area (Å²) in [4.78, 5) is 21.2. The lowest BCUT2D eigenvalue weighted by atomic mass is 10.0. The fourth-order valence-corrected chi connectivity index (χ4v) is 2.21. The molecule has 0 aliphatic heterocycles. The second-order valence-corrected chi connectivity index (χ2v) is 6.17. The van der Waals surface area contributed by atoms with Gasteiger partial charge in [-0.1, -0.05) is 34.9 Å². The van der Waals surface area contributed by atoms with Crippen molar-refractivity contribution in [3.63, 3.8) is 0 Å². The zero-order valence-corrected chi connectivity index (χ0v) is 14.8. The summed E-state index contributed by atoms with van der Waals surface area (Å²) in [6.45, 7) is 8.06. The maximum atomic E-state index is 10.9. The Balaban J connectivity index is 3.93. The van der Waals surface area contributed by atoms with E-state index in [0.717, 1.165) is 44.8 Å². The molecule has 0 unspecified atom stereocenters. The van der Waals surface area contributed by atoms with Crippen LogP contribution in [0.1, 0.15) is 79.1 Å². The molecule has 0 aliphatic rings. The normalized spacial score (nSPS) is 13.4. The van der Waals surface area contributed by atoms with E-state index in [4.69, 9.17) is 0 Å². The summed E-state index contributed by atoms with van der Waals surface area (Å²) >= 11 is 0. The van der Waals surface area contributed by atoms with Crippen molar-refractivity contribution < 1.29 is 9.59 Å². The van der Waals surface area contributed by atoms with E-state index >= 15 is 0 Å². The van der Waals surface area contributed by atoms with E-state index in [1.165, 1.54) is 16.7 Å². The number of hydrogen-bond donors (Lipinski definition) is 0. The number of aldehydes is 1. The van der Waals surface area contributed by atoms with Crippen LogP contribution < -0.4 is 0 Å². The Morgan fingerprint density at radius 1 is 0.636 bits per heavy atom. The third-order valence-electron chi connectivity index (χ3n) is 3.71. The van der Waals surface area contributed by atoms with Gasteiger partial charge in [0.15, 0.2) is 0 Å². The van der Waals surface area contributed by atoms with Gasteiger partial charge in [0.25, 0.3) is 0 Å². The molecule has 0 bridgehead atoms. The number of carbonyl (C=O) groups is 2. The largest absolute Gasteiger partial charge is 0.303 e. The molecule has 0 saturated carbocycles. The van der Waals surface area contributed by atoms with Crippen LogP contribution in [0.15, 0.2) is 34.9 Å². The molecule has 0 saturated heterocycles. The monoisotopic (exact) mass is 304 g/mol. The van der Waals surface area contributed by atoms with Crippen molar-refractivity contribution in [2.45, 2.75) is 79.1 Å². The molecule has 0 N–H and O–H groups in total. The summed E-state index contributed by atoms with van der Waals surface area (Å²) in [5.41, 5.74) is 4.11. The van der Waals surface area contributed by atoms with Gasteiger partial charge < -0.3 is 9.59 Å². The molecule has 0 aromatic heterocycles. The van der Waals surface area contributed by atoms with Crippen molar-refractivity contribution in [1.82, 2.24) is 0 Å². The van der Waals surface area contributed by atoms with Crippen molar-refractivity contribution in [3.05, 3.63) is 34.9 Å². The molecule has 0 aromatic carbocycles. The molecule has 0 aliphatic carbocycles. The molecular weight excluding hydrogens is 272 g/mol. The maximum Gasteiger partial charge on any atom is 0.130 e. The van der Waals surface area contributed by atoms with Gasteiger partial charge in [-0.3, -0.25) is 0 Å². The summed E-state index contributed by atoms with van der Waals surface area (Å²) in [6.07, 6.45) is 15.1. The van der Waals surface area contributed by atoms with Crippen LogP contribution in [0.3, 0.4) is 0 Å². The van der Waals surface area contributed by atoms with Gasteiger partial charge in [-0.15, -0.1) is 0 Å². The summed E-state index contributed by atoms with van der Waals surface area (Å²) in [5.74, 6) is 0.260. The molecule has 0 radical (unpaired) electrons. The van der Waals surface area contributed by atoms with Crippen LogP contribution in [0.25, 0.3) is 0 Å². The second kappa shape index (κ2) is 13.2. The summed E-state index contributed by atoms with van der Waals surface area (Å²) in [5, 5.41) is 0. The van der Waals surface area contributed by atoms with Crippen LogP contribution in [-0.2, 0) is 9.59 Å². The second-order valence-electron chi connectivity index (χ2n) is 6.17. The van der Waals surface area contributed by atoms with Gasteiger partial charge >= 0.3 is 0 Å². The first-order valence-corrected chi connectivity index (χ1v) is 8.35. The maximum absolute atomic E-state index is 10.9. The molecule has 0 amide bonds. The molecule has 2 heteroatoms. The molecule has 124 valence electrons. The Labute approximate surface area is 136 Å². The lowest BCUT2D eigenvalue weighted by molar-refractivity contribution is -0.117. The Kier molecular flexibility index (Phi) is 12.4. The predicted molar refractivity (Wildman–Crippen MR) is 95.0 cm³/mol. The number of rotatable bonds is 12. The number of Topliss-reactive ketones (excluding diaryl/α,β-unsaturated/α-hetero) is 1. The van der Waals surface area contributed by atoms with E-state index in [2.05, 4.69) is 39.0 Å². The van der Waals surface area contributed by atoms with Crippen molar-refractivity contribution in [2.24, 2.45) is 0 Å². The zero-order valence-electron chi connectivity index (χ0n) is 14.8. The molecular formula is C20H32O2. The lowest BCUT2D eigenvalue weighted by Crippen LogP contribution is -1.87. The Morgan fingerprint density at radius 2 is 1.00 bits per heavy atom. The van der Waals surface area contributed by atoms with Gasteiger partial charge in [-0.25, -0.2) is 0 Å². The minimum atomic E-state index is 0.260. The minimum absolute atomic E-state index is 0.260. The van der Waals surface area contributed by atoms with Crippen LogP contribution in [0, 0.1) is 0 Å². The summed E-state index contributed by atoms with van der Waals surface area (Å²) in [7, 11) is 0. The van der Waals surface area contributed by atoms with Crippen LogP contribution in [0.2, 0.25) is 0 Å². The van der Waals surface area contributed by atoms with Crippen LogP contribution in [-0.4, -0.2) is 12.1 Å². The average molecular weight is 304 g/mol. The van der Waals surface area contributed by atoms with Gasteiger partial charge in [0, 0.05) is 12.8 Å². The first-order valence-electron chi connectivity index (χ1n) is 8.35. The highest BCUT2D eigenvalue weighted by Crippen LogP contribution is 2.13. The smallest absolute Gasteiger partial charge is 0.130 e. The zero-order chi connectivity index (χ0) is 16.8. The van der Waals surface area contributed by atoms with E-state index in [-0.39, 0.29) is 5.78 Å². The van der Waals surface area contributed by atoms with Gasteiger partial charge in [0.05, 0.1) is 0 Å². The fraction of sp³-hybridized carbons (Fsp3) is 0.600. The third kappa shape index (κ3) is 13.5. The van der Waals surface area contributed by atoms with Crippen LogP contribution >= 0.6 is 0 Å². The molecule has 0 heterocycles. The average Bonchev–Trinajstić information content (AvgIpc) is 2.44. The summed E-state index contributed by atoms with van der Waals surface area (Å²) in [6, 6.07) is 0. The van der Waals surface area contributed by atoms with E-state index in [1.54, 1.807) is 6.92 Å². The van der Waals surface area contributed by atoms with E-state index in [0.29, 0.717) is 12.8 Å². The van der Waals surface area contributed by atoms with E-state index in [1.807, 2.05) is 0 Å². The first kappa shape index (κ1) is 20.6. The van der Waals surface area contributed by atoms with Crippen molar-refractivity contribution in [2.75, 3.05) is 0 Å². The lowest BCUT2D eigenvalue weighted by Gasteiger charge is -2.02. The standard InChI is InChI=1S/C20H32O2/c1-17(10-6-12-19(3)14-8-16-21)9-5-11-18(2)13-7-15-20(4)22/h9,12-13,16H,5-8,10-11,14-15H2,1-4H3/b17-9-,18-13-,19-12-. The van der Waals surface area contributed by atoms with Crippen molar-refractivity contribution in [1.29, 1.82) is 0 Å². The van der Waals surface area contributed by atoms with E-state index in [9.17, 15) is 9.59 Å². The highest BCUT2D eigenvalue weighted by atomic mass is 16.1. The number of carbonyl (C=O) groups excluding carboxylic acids is 2. The highest BCUT2D eigenvalue weighted by Gasteiger charge is 1.94. The molecule has 22 heavy (non-hydrogen) atoms. The van der Waals surface area contributed by atoms with Crippen molar-refractivity contribution in [3.8, 4) is 0 Å². The molecule has 0 spiro atoms. The van der Waals surface area contributed by atoms with Gasteiger partial charge in [0.1, 0.15) is 12.1 Å². The minimum Gasteiger partial charge on any atom is -0.303 e. The molecule has 0 fully saturated rings. The summed E-state index contributed by atoms with van der Waals surface area (Å²) < 4.78 is 0. The number of hydrogen-bond acceptors (Lipinski definition) is 2. The van der Waals surface area contributed by atoms with Crippen LogP contribution in [0.4, 0.5) is 0 Å². The SMILES string of the molecule is CC(=O)CC/C=C(/C)CC/C=C(/C)CC/C=C(/C)CCC=O. The van der Waals surface area contributed by atoms with Gasteiger partial charge in [-0.2, -0.15) is 0 Å². The first-order chi connectivity index (χ1) is 10.5. The fourth-order valence-electron chi connectivity index (χ4n) is 2.21. The molecule has 2 nitrogen and oxygen atoms in total. The van der Waals surface area contributed by atoms with Crippen molar-refractivity contribution >= 4 is 12.1 Å².